The summed E-state index contributed by atoms with van der Waals surface area (Å²) in [5.41, 5.74) is 1.94. The second-order valence-electron chi connectivity index (χ2n) is 4.96. The van der Waals surface area contributed by atoms with Crippen LogP contribution in [0.15, 0.2) is 0 Å². The lowest BCUT2D eigenvalue weighted by molar-refractivity contribution is 0.0707. The number of sulfone groups is 1. The number of rotatable bonds is 3. The quantitative estimate of drug-likeness (QED) is 0.885. The summed E-state index contributed by atoms with van der Waals surface area (Å²) in [6.07, 6.45) is 0.526. The molecule has 0 radical (unpaired) electrons. The lowest BCUT2D eigenvalue weighted by atomic mass is 10.1. The monoisotopic (exact) mass is 285 g/mol. The zero-order chi connectivity index (χ0) is 14.2. The molecule has 1 aliphatic heterocycles. The van der Waals surface area contributed by atoms with E-state index in [9.17, 15) is 13.2 Å². The molecule has 1 unspecified atom stereocenters. The number of carbonyl (C=O) groups is 1. The van der Waals surface area contributed by atoms with Crippen LogP contribution in [0.3, 0.4) is 0 Å². The Morgan fingerprint density at radius 2 is 2.16 bits per heavy atom. The summed E-state index contributed by atoms with van der Waals surface area (Å²) in [5.74, 6) is 0.112. The summed E-state index contributed by atoms with van der Waals surface area (Å²) in [7, 11) is -2.99. The first-order valence-corrected chi connectivity index (χ1v) is 8.21. The van der Waals surface area contributed by atoms with Crippen LogP contribution < -0.4 is 0 Å². The topological polar surface area (TPSA) is 83.1 Å². The number of hydrogen-bond donors (Lipinski definition) is 1. The van der Waals surface area contributed by atoms with Gasteiger partial charge in [0.15, 0.2) is 9.84 Å². The number of nitrogens with zero attached hydrogens (tertiary/aromatic N) is 2. The molecule has 0 saturated carbocycles. The number of carbonyl (C=O) groups excluding carboxylic acids is 1. The van der Waals surface area contributed by atoms with Gasteiger partial charge < -0.3 is 4.90 Å². The molecular weight excluding hydrogens is 266 g/mol. The minimum atomic E-state index is -2.99. The Hall–Kier alpha value is -1.37. The number of hydrogen-bond acceptors (Lipinski definition) is 4. The molecule has 1 saturated heterocycles. The molecule has 0 spiro atoms. The van der Waals surface area contributed by atoms with Gasteiger partial charge in [0.1, 0.15) is 0 Å². The van der Waals surface area contributed by atoms with E-state index < -0.39 is 9.84 Å². The molecule has 2 rings (SSSR count). The molecule has 0 bridgehead atoms. The fraction of sp³-hybridized carbons (Fsp3) is 0.667. The summed E-state index contributed by atoms with van der Waals surface area (Å²) in [6.45, 7) is 5.94. The van der Waals surface area contributed by atoms with E-state index in [-0.39, 0.29) is 23.5 Å². The van der Waals surface area contributed by atoms with Crippen molar-refractivity contribution in [2.24, 2.45) is 0 Å². The van der Waals surface area contributed by atoms with Gasteiger partial charge >= 0.3 is 0 Å². The molecule has 0 aromatic carbocycles. The lowest BCUT2D eigenvalue weighted by Crippen LogP contribution is -2.41. The van der Waals surface area contributed by atoms with E-state index in [1.807, 2.05) is 6.92 Å². The zero-order valence-electron chi connectivity index (χ0n) is 11.4. The number of aromatic amines is 1. The van der Waals surface area contributed by atoms with Gasteiger partial charge in [0, 0.05) is 18.3 Å². The normalized spacial score (nSPS) is 21.5. The van der Waals surface area contributed by atoms with Gasteiger partial charge in [-0.3, -0.25) is 9.89 Å². The van der Waals surface area contributed by atoms with Crippen LogP contribution in [0.2, 0.25) is 0 Å². The van der Waals surface area contributed by atoms with Crippen LogP contribution in [0.4, 0.5) is 0 Å². The van der Waals surface area contributed by atoms with Gasteiger partial charge in [-0.05, 0) is 27.2 Å². The van der Waals surface area contributed by atoms with E-state index >= 15 is 0 Å². The Bertz CT molecular complexity index is 572. The first-order chi connectivity index (χ1) is 8.85. The van der Waals surface area contributed by atoms with E-state index in [4.69, 9.17) is 0 Å². The minimum absolute atomic E-state index is 0.0720. The molecule has 1 fully saturated rings. The molecule has 0 aliphatic carbocycles. The van der Waals surface area contributed by atoms with Crippen LogP contribution in [0.25, 0.3) is 0 Å². The van der Waals surface area contributed by atoms with Crippen molar-refractivity contribution in [3.05, 3.63) is 17.0 Å². The highest BCUT2D eigenvalue weighted by molar-refractivity contribution is 7.91. The fourth-order valence-electron chi connectivity index (χ4n) is 2.60. The second-order valence-corrected chi connectivity index (χ2v) is 7.19. The number of amides is 1. The summed E-state index contributed by atoms with van der Waals surface area (Å²) < 4.78 is 23.1. The first-order valence-electron chi connectivity index (χ1n) is 6.38. The van der Waals surface area contributed by atoms with Gasteiger partial charge in [0.05, 0.1) is 22.8 Å². The van der Waals surface area contributed by atoms with Gasteiger partial charge in [-0.15, -0.1) is 0 Å². The minimum Gasteiger partial charge on any atom is -0.335 e. The van der Waals surface area contributed by atoms with Crippen LogP contribution >= 0.6 is 0 Å². The first kappa shape index (κ1) is 14.0. The number of aryl methyl sites for hydroxylation is 2. The van der Waals surface area contributed by atoms with Crippen LogP contribution in [-0.4, -0.2) is 53.5 Å². The molecule has 7 heteroatoms. The molecule has 1 N–H and O–H groups in total. The molecule has 19 heavy (non-hydrogen) atoms. The zero-order valence-corrected chi connectivity index (χ0v) is 12.2. The maximum absolute atomic E-state index is 12.5. The fourth-order valence-corrected chi connectivity index (χ4v) is 4.33. The van der Waals surface area contributed by atoms with Gasteiger partial charge in [-0.2, -0.15) is 5.10 Å². The van der Waals surface area contributed by atoms with E-state index in [1.54, 1.807) is 18.7 Å². The Morgan fingerprint density at radius 1 is 1.47 bits per heavy atom. The predicted molar refractivity (Wildman–Crippen MR) is 71.8 cm³/mol. The van der Waals surface area contributed by atoms with Crippen molar-refractivity contribution in [3.8, 4) is 0 Å². The molecule has 1 aromatic heterocycles. The summed E-state index contributed by atoms with van der Waals surface area (Å²) in [4.78, 5) is 14.2. The molecule has 2 heterocycles. The molecule has 1 aromatic rings. The van der Waals surface area contributed by atoms with Crippen LogP contribution in [0.5, 0.6) is 0 Å². The maximum atomic E-state index is 12.5. The maximum Gasteiger partial charge on any atom is 0.257 e. The van der Waals surface area contributed by atoms with E-state index in [1.165, 1.54) is 0 Å². The van der Waals surface area contributed by atoms with Crippen molar-refractivity contribution in [2.75, 3.05) is 18.1 Å². The third-order valence-electron chi connectivity index (χ3n) is 3.59. The summed E-state index contributed by atoms with van der Waals surface area (Å²) in [6, 6.07) is -0.212. The average molecular weight is 285 g/mol. The average Bonchev–Trinajstić information content (AvgIpc) is 2.83. The third-order valence-corrected chi connectivity index (χ3v) is 5.34. The number of nitrogens with one attached hydrogen (secondary N) is 1. The highest BCUT2D eigenvalue weighted by Crippen LogP contribution is 2.21. The van der Waals surface area contributed by atoms with Crippen LogP contribution in [0, 0.1) is 13.8 Å². The van der Waals surface area contributed by atoms with Gasteiger partial charge in [0.25, 0.3) is 5.91 Å². The predicted octanol–water partition coefficient (Wildman–Crippen LogP) is 0.676. The Morgan fingerprint density at radius 3 is 2.58 bits per heavy atom. The van der Waals surface area contributed by atoms with Crippen molar-refractivity contribution in [3.63, 3.8) is 0 Å². The number of H-pyrrole nitrogens is 1. The van der Waals surface area contributed by atoms with E-state index in [2.05, 4.69) is 10.2 Å². The van der Waals surface area contributed by atoms with Gasteiger partial charge in [-0.1, -0.05) is 0 Å². The van der Waals surface area contributed by atoms with Crippen LogP contribution in [0.1, 0.15) is 35.1 Å². The standard InChI is InChI=1S/C12H19N3O3S/c1-4-15(10-5-6-19(17,18)7-10)12(16)11-8(2)13-14-9(11)3/h10H,4-7H2,1-3H3,(H,13,14). The largest absolute Gasteiger partial charge is 0.335 e. The molecule has 1 amide bonds. The van der Waals surface area contributed by atoms with Crippen molar-refractivity contribution in [2.45, 2.75) is 33.2 Å². The van der Waals surface area contributed by atoms with Crippen molar-refractivity contribution < 1.29 is 13.2 Å². The van der Waals surface area contributed by atoms with Crippen molar-refractivity contribution in [1.82, 2.24) is 15.1 Å². The lowest BCUT2D eigenvalue weighted by Gasteiger charge is -2.27. The number of aromatic nitrogens is 2. The molecular formula is C12H19N3O3S. The third kappa shape index (κ3) is 2.65. The molecule has 106 valence electrons. The van der Waals surface area contributed by atoms with Gasteiger partial charge in [0.2, 0.25) is 0 Å². The highest BCUT2D eigenvalue weighted by Gasteiger charge is 2.35. The molecule has 1 aliphatic rings. The van der Waals surface area contributed by atoms with Crippen molar-refractivity contribution >= 4 is 15.7 Å². The van der Waals surface area contributed by atoms with E-state index in [0.29, 0.717) is 24.2 Å². The molecule has 1 atom stereocenters. The smallest absolute Gasteiger partial charge is 0.257 e. The Balaban J connectivity index is 2.26. The Kier molecular flexibility index (Phi) is 3.66. The van der Waals surface area contributed by atoms with E-state index in [0.717, 1.165) is 5.69 Å². The van der Waals surface area contributed by atoms with Crippen LogP contribution in [-0.2, 0) is 9.84 Å². The SMILES string of the molecule is CCN(C(=O)c1c(C)n[nH]c1C)C1CCS(=O)(=O)C1. The summed E-state index contributed by atoms with van der Waals surface area (Å²) in [5, 5.41) is 6.81. The second kappa shape index (κ2) is 4.96. The van der Waals surface area contributed by atoms with Gasteiger partial charge in [-0.25, -0.2) is 8.42 Å². The van der Waals surface area contributed by atoms with Crippen molar-refractivity contribution in [1.29, 1.82) is 0 Å². The molecule has 6 nitrogen and oxygen atoms in total. The Labute approximate surface area is 113 Å². The highest BCUT2D eigenvalue weighted by atomic mass is 32.2. The summed E-state index contributed by atoms with van der Waals surface area (Å²) >= 11 is 0.